The minimum atomic E-state index is 1.10. The van der Waals surface area contributed by atoms with Crippen molar-refractivity contribution >= 4 is 0 Å². The first kappa shape index (κ1) is 7.37. The molecule has 3 fully saturated rings. The molecule has 68 valence electrons. The van der Waals surface area contributed by atoms with E-state index in [1.165, 1.54) is 19.5 Å². The van der Waals surface area contributed by atoms with Crippen LogP contribution in [0.2, 0.25) is 0 Å². The standard InChI is InChI=1S/C11H19N/c1-12-6-10-8-3-2-4-9(5-8)11(10)7-12/h8-11H,2-7H2,1H3. The van der Waals surface area contributed by atoms with E-state index in [1.807, 2.05) is 0 Å². The Hall–Kier alpha value is -0.0400. The zero-order valence-electron chi connectivity index (χ0n) is 8.00. The largest absolute Gasteiger partial charge is 0.306 e. The molecule has 0 aromatic rings. The van der Waals surface area contributed by atoms with Crippen LogP contribution in [0, 0.1) is 23.7 Å². The van der Waals surface area contributed by atoms with Crippen molar-refractivity contribution in [3.8, 4) is 0 Å². The molecule has 1 saturated heterocycles. The summed E-state index contributed by atoms with van der Waals surface area (Å²) in [6.07, 6.45) is 6.21. The molecule has 4 atom stereocenters. The van der Waals surface area contributed by atoms with Crippen LogP contribution in [-0.2, 0) is 0 Å². The Bertz CT molecular complexity index is 171. The molecule has 4 unspecified atom stereocenters. The molecular formula is C11H19N. The Labute approximate surface area is 75.1 Å². The summed E-state index contributed by atoms with van der Waals surface area (Å²) in [5, 5.41) is 0. The van der Waals surface area contributed by atoms with Gasteiger partial charge in [-0.15, -0.1) is 0 Å². The second-order valence-electron chi connectivity index (χ2n) is 5.24. The molecule has 1 heterocycles. The van der Waals surface area contributed by atoms with E-state index < -0.39 is 0 Å². The molecule has 2 saturated carbocycles. The predicted octanol–water partition coefficient (Wildman–Crippen LogP) is 1.98. The molecule has 0 amide bonds. The lowest BCUT2D eigenvalue weighted by Crippen LogP contribution is -2.21. The number of fused-ring (bicyclic) bond motifs is 5. The third-order valence-corrected chi connectivity index (χ3v) is 4.56. The second-order valence-corrected chi connectivity index (χ2v) is 5.24. The van der Waals surface area contributed by atoms with Crippen LogP contribution in [0.1, 0.15) is 25.7 Å². The van der Waals surface area contributed by atoms with E-state index in [-0.39, 0.29) is 0 Å². The Morgan fingerprint density at radius 1 is 1.00 bits per heavy atom. The summed E-state index contributed by atoms with van der Waals surface area (Å²) in [4.78, 5) is 2.56. The van der Waals surface area contributed by atoms with E-state index in [1.54, 1.807) is 19.3 Å². The number of hydrogen-bond acceptors (Lipinski definition) is 1. The monoisotopic (exact) mass is 165 g/mol. The average Bonchev–Trinajstić information content (AvgIpc) is 2.55. The van der Waals surface area contributed by atoms with E-state index in [0.717, 1.165) is 23.7 Å². The Morgan fingerprint density at radius 2 is 1.58 bits per heavy atom. The van der Waals surface area contributed by atoms with Gasteiger partial charge in [0.05, 0.1) is 0 Å². The van der Waals surface area contributed by atoms with Crippen molar-refractivity contribution in [1.82, 2.24) is 4.90 Å². The molecule has 0 aromatic carbocycles. The minimum Gasteiger partial charge on any atom is -0.306 e. The van der Waals surface area contributed by atoms with E-state index in [4.69, 9.17) is 0 Å². The fourth-order valence-corrected chi connectivity index (χ4v) is 4.11. The molecule has 1 heteroatoms. The van der Waals surface area contributed by atoms with Gasteiger partial charge < -0.3 is 4.90 Å². The van der Waals surface area contributed by atoms with Gasteiger partial charge in [-0.1, -0.05) is 19.3 Å². The fraction of sp³-hybridized carbons (Fsp3) is 1.00. The van der Waals surface area contributed by atoms with Gasteiger partial charge in [0.15, 0.2) is 0 Å². The maximum absolute atomic E-state index is 2.56. The lowest BCUT2D eigenvalue weighted by Gasteiger charge is -2.23. The average molecular weight is 165 g/mol. The van der Waals surface area contributed by atoms with Gasteiger partial charge in [0.2, 0.25) is 0 Å². The van der Waals surface area contributed by atoms with E-state index in [0.29, 0.717) is 0 Å². The molecule has 0 radical (unpaired) electrons. The summed E-state index contributed by atoms with van der Waals surface area (Å²) in [6, 6.07) is 0. The number of likely N-dealkylation sites (tertiary alicyclic amines) is 1. The van der Waals surface area contributed by atoms with Crippen LogP contribution in [0.3, 0.4) is 0 Å². The fourth-order valence-electron chi connectivity index (χ4n) is 4.11. The summed E-state index contributed by atoms with van der Waals surface area (Å²) in [7, 11) is 2.30. The number of hydrogen-bond donors (Lipinski definition) is 0. The van der Waals surface area contributed by atoms with Crippen LogP contribution in [0.25, 0.3) is 0 Å². The molecule has 2 bridgehead atoms. The first-order valence-corrected chi connectivity index (χ1v) is 5.53. The van der Waals surface area contributed by atoms with Crippen molar-refractivity contribution in [1.29, 1.82) is 0 Å². The third-order valence-electron chi connectivity index (χ3n) is 4.56. The van der Waals surface area contributed by atoms with Gasteiger partial charge in [-0.2, -0.15) is 0 Å². The van der Waals surface area contributed by atoms with E-state index >= 15 is 0 Å². The molecule has 0 spiro atoms. The van der Waals surface area contributed by atoms with Gasteiger partial charge in [0.25, 0.3) is 0 Å². The molecular weight excluding hydrogens is 146 g/mol. The topological polar surface area (TPSA) is 3.24 Å². The molecule has 0 aromatic heterocycles. The summed E-state index contributed by atoms with van der Waals surface area (Å²) in [5.74, 6) is 4.45. The van der Waals surface area contributed by atoms with Gasteiger partial charge in [-0.25, -0.2) is 0 Å². The molecule has 2 aliphatic carbocycles. The predicted molar refractivity (Wildman–Crippen MR) is 49.9 cm³/mol. The Morgan fingerprint density at radius 3 is 2.17 bits per heavy atom. The van der Waals surface area contributed by atoms with Crippen molar-refractivity contribution in [2.24, 2.45) is 23.7 Å². The van der Waals surface area contributed by atoms with E-state index in [2.05, 4.69) is 11.9 Å². The van der Waals surface area contributed by atoms with E-state index in [9.17, 15) is 0 Å². The third kappa shape index (κ3) is 0.891. The zero-order valence-corrected chi connectivity index (χ0v) is 8.00. The smallest absolute Gasteiger partial charge is 0.00126 e. The second kappa shape index (κ2) is 2.47. The van der Waals surface area contributed by atoms with Crippen LogP contribution in [0.4, 0.5) is 0 Å². The zero-order chi connectivity index (χ0) is 8.13. The maximum Gasteiger partial charge on any atom is 0.00126 e. The number of nitrogens with zero attached hydrogens (tertiary/aromatic N) is 1. The van der Waals surface area contributed by atoms with Crippen molar-refractivity contribution in [3.63, 3.8) is 0 Å². The van der Waals surface area contributed by atoms with Gasteiger partial charge in [0.1, 0.15) is 0 Å². The summed E-state index contributed by atoms with van der Waals surface area (Å²) in [6.45, 7) is 2.82. The van der Waals surface area contributed by atoms with Crippen LogP contribution in [-0.4, -0.2) is 25.0 Å². The molecule has 1 aliphatic heterocycles. The molecule has 1 nitrogen and oxygen atoms in total. The Balaban J connectivity index is 1.85. The lowest BCUT2D eigenvalue weighted by molar-refractivity contribution is 0.266. The quantitative estimate of drug-likeness (QED) is 0.530. The highest BCUT2D eigenvalue weighted by molar-refractivity contribution is 4.99. The number of rotatable bonds is 0. The highest BCUT2D eigenvalue weighted by Crippen LogP contribution is 2.52. The Kier molecular flexibility index (Phi) is 1.52. The van der Waals surface area contributed by atoms with Crippen molar-refractivity contribution in [2.45, 2.75) is 25.7 Å². The SMILES string of the molecule is CN1CC2C3CCCC(C3)C2C1. The minimum absolute atomic E-state index is 1.10. The molecule has 12 heavy (non-hydrogen) atoms. The first-order valence-electron chi connectivity index (χ1n) is 5.53. The summed E-state index contributed by atoms with van der Waals surface area (Å²) >= 11 is 0. The van der Waals surface area contributed by atoms with Crippen LogP contribution in [0.5, 0.6) is 0 Å². The first-order chi connectivity index (χ1) is 5.84. The van der Waals surface area contributed by atoms with Crippen LogP contribution in [0.15, 0.2) is 0 Å². The van der Waals surface area contributed by atoms with Gasteiger partial charge in [-0.05, 0) is 37.1 Å². The van der Waals surface area contributed by atoms with Crippen molar-refractivity contribution in [3.05, 3.63) is 0 Å². The lowest BCUT2D eigenvalue weighted by atomic mass is 9.86. The van der Waals surface area contributed by atoms with Gasteiger partial charge in [0, 0.05) is 13.1 Å². The molecule has 0 N–H and O–H groups in total. The van der Waals surface area contributed by atoms with Crippen LogP contribution < -0.4 is 0 Å². The summed E-state index contributed by atoms with van der Waals surface area (Å²) < 4.78 is 0. The highest BCUT2D eigenvalue weighted by Gasteiger charge is 2.48. The highest BCUT2D eigenvalue weighted by atomic mass is 15.1. The van der Waals surface area contributed by atoms with Crippen LogP contribution >= 0.6 is 0 Å². The molecule has 3 aliphatic rings. The van der Waals surface area contributed by atoms with Gasteiger partial charge in [-0.3, -0.25) is 0 Å². The summed E-state index contributed by atoms with van der Waals surface area (Å²) in [5.41, 5.74) is 0. The van der Waals surface area contributed by atoms with Crippen molar-refractivity contribution < 1.29 is 0 Å². The normalized spacial score (nSPS) is 52.8. The van der Waals surface area contributed by atoms with Crippen molar-refractivity contribution in [2.75, 3.05) is 20.1 Å². The molecule has 3 rings (SSSR count). The van der Waals surface area contributed by atoms with Gasteiger partial charge >= 0.3 is 0 Å². The maximum atomic E-state index is 2.56.